The number of aromatic nitrogens is 3. The highest BCUT2D eigenvalue weighted by Crippen LogP contribution is 2.36. The fourth-order valence-corrected chi connectivity index (χ4v) is 4.51. The third-order valence-corrected chi connectivity index (χ3v) is 6.27. The average molecular weight is 479 g/mol. The van der Waals surface area contributed by atoms with Crippen LogP contribution in [0.25, 0.3) is 11.3 Å². The van der Waals surface area contributed by atoms with Crippen LogP contribution in [0.2, 0.25) is 10.0 Å². The zero-order valence-corrected chi connectivity index (χ0v) is 19.2. The quantitative estimate of drug-likeness (QED) is 0.492. The van der Waals surface area contributed by atoms with Gasteiger partial charge < -0.3 is 19.4 Å². The molecule has 1 aliphatic rings. The maximum absolute atomic E-state index is 12.7. The number of carbonyl (C=O) groups is 1. The van der Waals surface area contributed by atoms with Crippen LogP contribution in [0.3, 0.4) is 0 Å². The highest BCUT2D eigenvalue weighted by Gasteiger charge is 2.21. The number of ether oxygens (including phenoxy) is 2. The summed E-state index contributed by atoms with van der Waals surface area (Å²) in [6.07, 6.45) is 3.24. The molecule has 0 saturated carbocycles. The second kappa shape index (κ2) is 9.38. The van der Waals surface area contributed by atoms with E-state index in [9.17, 15) is 4.79 Å². The molecule has 1 unspecified atom stereocenters. The molecule has 1 amide bonds. The van der Waals surface area contributed by atoms with Crippen LogP contribution in [0.1, 0.15) is 13.8 Å². The number of pyridine rings is 1. The summed E-state index contributed by atoms with van der Waals surface area (Å²) in [5.41, 5.74) is 1.91. The zero-order chi connectivity index (χ0) is 22.0. The molecule has 3 heterocycles. The molecule has 0 aliphatic carbocycles. The van der Waals surface area contributed by atoms with Crippen LogP contribution in [-0.2, 0) is 11.3 Å². The molecule has 0 saturated heterocycles. The summed E-state index contributed by atoms with van der Waals surface area (Å²) in [6, 6.07) is 7.38. The van der Waals surface area contributed by atoms with Gasteiger partial charge in [0.15, 0.2) is 22.5 Å². The van der Waals surface area contributed by atoms with E-state index in [-0.39, 0.29) is 16.7 Å². The van der Waals surface area contributed by atoms with Crippen molar-refractivity contribution < 1.29 is 14.3 Å². The Balaban J connectivity index is 1.51. The number of nitrogens with zero attached hydrogens (tertiary/aromatic N) is 3. The summed E-state index contributed by atoms with van der Waals surface area (Å²) in [6.45, 7) is 5.63. The lowest BCUT2D eigenvalue weighted by molar-refractivity contribution is -0.115. The Labute approximate surface area is 194 Å². The molecule has 1 atom stereocenters. The van der Waals surface area contributed by atoms with Crippen molar-refractivity contribution in [3.8, 4) is 22.8 Å². The van der Waals surface area contributed by atoms with Crippen molar-refractivity contribution in [2.24, 2.45) is 0 Å². The third kappa shape index (κ3) is 4.76. The smallest absolute Gasteiger partial charge is 0.238 e. The monoisotopic (exact) mass is 478 g/mol. The normalized spacial score (nSPS) is 13.7. The molecule has 1 N–H and O–H groups in total. The summed E-state index contributed by atoms with van der Waals surface area (Å²) in [5.74, 6) is 1.52. The first-order valence-electron chi connectivity index (χ1n) is 9.70. The van der Waals surface area contributed by atoms with Gasteiger partial charge >= 0.3 is 0 Å². The van der Waals surface area contributed by atoms with Crippen molar-refractivity contribution in [1.82, 2.24) is 14.5 Å². The van der Waals surface area contributed by atoms with Gasteiger partial charge in [-0.1, -0.05) is 35.0 Å². The van der Waals surface area contributed by atoms with Gasteiger partial charge in [-0.3, -0.25) is 4.79 Å². The minimum Gasteiger partial charge on any atom is -0.486 e. The molecular weight excluding hydrogens is 459 g/mol. The van der Waals surface area contributed by atoms with E-state index in [4.69, 9.17) is 32.7 Å². The average Bonchev–Trinajstić information content (AvgIpc) is 3.17. The predicted octanol–water partition coefficient (Wildman–Crippen LogP) is 5.16. The molecule has 10 heteroatoms. The molecule has 1 aliphatic heterocycles. The maximum Gasteiger partial charge on any atom is 0.238 e. The van der Waals surface area contributed by atoms with E-state index in [1.807, 2.05) is 32.0 Å². The maximum atomic E-state index is 12.7. The standard InChI is InChI=1S/C21H20Cl2N4O3S/c1-3-27-16(13-4-5-17-18(8-13)30-7-6-29-17)11-25-21(27)31-12(2)20(28)26-19-15(23)9-14(22)10-24-19/h4-5,8-12H,3,6-7H2,1-2H3,(H,24,26,28). The lowest BCUT2D eigenvalue weighted by Crippen LogP contribution is -2.23. The Kier molecular flexibility index (Phi) is 6.60. The number of amides is 1. The number of halogens is 2. The summed E-state index contributed by atoms with van der Waals surface area (Å²) < 4.78 is 13.4. The van der Waals surface area contributed by atoms with Crippen LogP contribution in [-0.4, -0.2) is 38.9 Å². The van der Waals surface area contributed by atoms with Crippen molar-refractivity contribution >= 4 is 46.7 Å². The van der Waals surface area contributed by atoms with Crippen LogP contribution >= 0.6 is 35.0 Å². The van der Waals surface area contributed by atoms with Gasteiger partial charge in [-0.05, 0) is 38.1 Å². The lowest BCUT2D eigenvalue weighted by Gasteiger charge is -2.19. The number of imidazole rings is 1. The van der Waals surface area contributed by atoms with Gasteiger partial charge in [0.25, 0.3) is 0 Å². The number of carbonyl (C=O) groups excluding carboxylic acids is 1. The molecule has 2 aromatic heterocycles. The Morgan fingerprint density at radius 3 is 2.71 bits per heavy atom. The van der Waals surface area contributed by atoms with Gasteiger partial charge in [0.1, 0.15) is 13.2 Å². The Morgan fingerprint density at radius 2 is 1.97 bits per heavy atom. The minimum absolute atomic E-state index is 0.228. The fourth-order valence-electron chi connectivity index (χ4n) is 3.13. The van der Waals surface area contributed by atoms with E-state index in [2.05, 4.69) is 19.9 Å². The van der Waals surface area contributed by atoms with Gasteiger partial charge in [-0.25, -0.2) is 9.97 Å². The van der Waals surface area contributed by atoms with Crippen molar-refractivity contribution in [3.05, 3.63) is 46.7 Å². The second-order valence-corrected chi connectivity index (χ2v) is 8.91. The van der Waals surface area contributed by atoms with Gasteiger partial charge in [0.2, 0.25) is 5.91 Å². The van der Waals surface area contributed by atoms with Gasteiger partial charge in [0, 0.05) is 18.3 Å². The number of benzene rings is 1. The molecule has 0 spiro atoms. The number of hydrogen-bond donors (Lipinski definition) is 1. The predicted molar refractivity (Wildman–Crippen MR) is 123 cm³/mol. The first kappa shape index (κ1) is 21.8. The van der Waals surface area contributed by atoms with E-state index >= 15 is 0 Å². The minimum atomic E-state index is -0.422. The van der Waals surface area contributed by atoms with Gasteiger partial charge in [-0.15, -0.1) is 0 Å². The molecule has 0 radical (unpaired) electrons. The van der Waals surface area contributed by atoms with Crippen molar-refractivity contribution in [3.63, 3.8) is 0 Å². The summed E-state index contributed by atoms with van der Waals surface area (Å²) in [5, 5.41) is 3.75. The number of anilines is 1. The number of thioether (sulfide) groups is 1. The SMILES string of the molecule is CCn1c(-c2ccc3c(c2)OCCO3)cnc1SC(C)C(=O)Nc1ncc(Cl)cc1Cl. The first-order chi connectivity index (χ1) is 15.0. The van der Waals surface area contributed by atoms with Crippen LogP contribution in [0, 0.1) is 0 Å². The fraction of sp³-hybridized carbons (Fsp3) is 0.286. The highest BCUT2D eigenvalue weighted by molar-refractivity contribution is 8.00. The zero-order valence-electron chi connectivity index (χ0n) is 16.9. The largest absolute Gasteiger partial charge is 0.486 e. The molecular formula is C21H20Cl2N4O3S. The van der Waals surface area contributed by atoms with Gasteiger partial charge in [0.05, 0.1) is 27.2 Å². The molecule has 3 aromatic rings. The van der Waals surface area contributed by atoms with E-state index in [0.29, 0.717) is 24.8 Å². The summed E-state index contributed by atoms with van der Waals surface area (Å²) in [4.78, 5) is 21.3. The third-order valence-electron chi connectivity index (χ3n) is 4.67. The van der Waals surface area contributed by atoms with E-state index in [0.717, 1.165) is 27.9 Å². The van der Waals surface area contributed by atoms with E-state index < -0.39 is 5.25 Å². The topological polar surface area (TPSA) is 78.3 Å². The number of nitrogens with one attached hydrogen (secondary N) is 1. The number of fused-ring (bicyclic) bond motifs is 1. The van der Waals surface area contributed by atoms with Crippen molar-refractivity contribution in [1.29, 1.82) is 0 Å². The molecule has 1 aromatic carbocycles. The highest BCUT2D eigenvalue weighted by atomic mass is 35.5. The van der Waals surface area contributed by atoms with Crippen molar-refractivity contribution in [2.75, 3.05) is 18.5 Å². The number of hydrogen-bond acceptors (Lipinski definition) is 6. The van der Waals surface area contributed by atoms with Crippen LogP contribution < -0.4 is 14.8 Å². The first-order valence-corrected chi connectivity index (χ1v) is 11.3. The molecule has 162 valence electrons. The lowest BCUT2D eigenvalue weighted by atomic mass is 10.1. The molecule has 7 nitrogen and oxygen atoms in total. The van der Waals surface area contributed by atoms with Gasteiger partial charge in [-0.2, -0.15) is 0 Å². The number of rotatable bonds is 6. The van der Waals surface area contributed by atoms with Crippen LogP contribution in [0.4, 0.5) is 5.82 Å². The van der Waals surface area contributed by atoms with E-state index in [1.165, 1.54) is 24.0 Å². The van der Waals surface area contributed by atoms with E-state index in [1.54, 1.807) is 6.20 Å². The molecule has 31 heavy (non-hydrogen) atoms. The molecule has 0 fully saturated rings. The summed E-state index contributed by atoms with van der Waals surface area (Å²) >= 11 is 13.3. The molecule has 0 bridgehead atoms. The second-order valence-electron chi connectivity index (χ2n) is 6.76. The Morgan fingerprint density at radius 1 is 1.19 bits per heavy atom. The Hall–Kier alpha value is -2.42. The van der Waals surface area contributed by atoms with Crippen LogP contribution in [0.15, 0.2) is 41.8 Å². The van der Waals surface area contributed by atoms with Crippen molar-refractivity contribution in [2.45, 2.75) is 30.8 Å². The van der Waals surface area contributed by atoms with Crippen LogP contribution in [0.5, 0.6) is 11.5 Å². The Bertz CT molecular complexity index is 1120. The molecule has 4 rings (SSSR count). The summed E-state index contributed by atoms with van der Waals surface area (Å²) in [7, 11) is 0.